The summed E-state index contributed by atoms with van der Waals surface area (Å²) in [4.78, 5) is 11.9. The highest BCUT2D eigenvalue weighted by Gasteiger charge is 2.18. The molecule has 0 bridgehead atoms. The standard InChI is InChI=1S/C6H6N2OS.Cl2OS/c9-4-1-2-5-6(3-4)10-8-7-5;1-4(2)3/h1-3H2;. The van der Waals surface area contributed by atoms with Crippen LogP contribution in [0.3, 0.4) is 0 Å². The number of aryl methyl sites for hydroxylation is 1. The quantitative estimate of drug-likeness (QED) is 0.674. The van der Waals surface area contributed by atoms with E-state index in [1.807, 2.05) is 0 Å². The lowest BCUT2D eigenvalue weighted by molar-refractivity contribution is -0.118. The van der Waals surface area contributed by atoms with E-state index in [1.54, 1.807) is 0 Å². The van der Waals surface area contributed by atoms with Gasteiger partial charge in [0.2, 0.25) is 9.23 Å². The fourth-order valence-electron chi connectivity index (χ4n) is 1.08. The van der Waals surface area contributed by atoms with Gasteiger partial charge in [0.1, 0.15) is 5.78 Å². The van der Waals surface area contributed by atoms with Crippen molar-refractivity contribution in [3.8, 4) is 0 Å². The topological polar surface area (TPSA) is 59.9 Å². The summed E-state index contributed by atoms with van der Waals surface area (Å²) in [7, 11) is 7.36. The Balaban J connectivity index is 0.000000213. The third-order valence-corrected chi connectivity index (χ3v) is 2.40. The lowest BCUT2D eigenvalue weighted by Gasteiger charge is -2.05. The van der Waals surface area contributed by atoms with Crippen LogP contribution in [0, 0.1) is 0 Å². The van der Waals surface area contributed by atoms with Crippen LogP contribution in [0.4, 0.5) is 0 Å². The Labute approximate surface area is 96.2 Å². The van der Waals surface area contributed by atoms with Gasteiger partial charge >= 0.3 is 0 Å². The summed E-state index contributed by atoms with van der Waals surface area (Å²) < 4.78 is 12.9. The van der Waals surface area contributed by atoms with Gasteiger partial charge in [-0.2, -0.15) is 0 Å². The van der Waals surface area contributed by atoms with Crippen molar-refractivity contribution < 1.29 is 9.00 Å². The molecule has 0 aromatic carbocycles. The number of carbonyl (C=O) groups excluding carboxylic acids is 1. The zero-order chi connectivity index (χ0) is 10.6. The van der Waals surface area contributed by atoms with Gasteiger partial charge in [-0.05, 0) is 18.0 Å². The SMILES string of the molecule is O=C1CCc2nnsc2C1.O=S(Cl)Cl. The monoisotopic (exact) mass is 272 g/mol. The Morgan fingerprint density at radius 2 is 2.00 bits per heavy atom. The minimum absolute atomic E-state index is 0.318. The van der Waals surface area contributed by atoms with Crippen LogP contribution in [0.15, 0.2) is 0 Å². The van der Waals surface area contributed by atoms with Crippen molar-refractivity contribution in [3.05, 3.63) is 10.6 Å². The predicted octanol–water partition coefficient (Wildman–Crippen LogP) is 1.64. The van der Waals surface area contributed by atoms with Gasteiger partial charge in [0.25, 0.3) is 0 Å². The number of aromatic nitrogens is 2. The van der Waals surface area contributed by atoms with Crippen molar-refractivity contribution in [2.45, 2.75) is 19.3 Å². The molecule has 0 unspecified atom stereocenters. The van der Waals surface area contributed by atoms with Crippen LogP contribution in [-0.2, 0) is 26.9 Å². The summed E-state index contributed by atoms with van der Waals surface area (Å²) in [6, 6.07) is 0. The number of fused-ring (bicyclic) bond motifs is 1. The molecular formula is C6H6Cl2N2O2S2. The molecule has 0 radical (unpaired) electrons. The lowest BCUT2D eigenvalue weighted by Crippen LogP contribution is -2.11. The molecule has 2 rings (SSSR count). The van der Waals surface area contributed by atoms with Gasteiger partial charge in [-0.15, -0.1) is 5.10 Å². The zero-order valence-electron chi connectivity index (χ0n) is 6.90. The summed E-state index contributed by atoms with van der Waals surface area (Å²) in [5, 5.41) is 3.91. The molecule has 8 heteroatoms. The minimum Gasteiger partial charge on any atom is -0.299 e. The van der Waals surface area contributed by atoms with E-state index in [9.17, 15) is 4.79 Å². The molecule has 0 atom stereocenters. The molecular weight excluding hydrogens is 267 g/mol. The number of hydrogen-bond acceptors (Lipinski definition) is 5. The number of carbonyl (C=O) groups is 1. The summed E-state index contributed by atoms with van der Waals surface area (Å²) in [6.07, 6.45) is 2.01. The highest BCUT2D eigenvalue weighted by Crippen LogP contribution is 2.18. The molecule has 0 fully saturated rings. The smallest absolute Gasteiger partial charge is 0.211 e. The molecule has 0 aliphatic heterocycles. The first-order chi connectivity index (χ1) is 6.59. The Bertz CT molecular complexity index is 351. The average Bonchev–Trinajstić information content (AvgIpc) is 2.49. The Morgan fingerprint density at radius 1 is 1.36 bits per heavy atom. The summed E-state index contributed by atoms with van der Waals surface area (Å²) >= 11 is 1.35. The van der Waals surface area contributed by atoms with E-state index in [2.05, 4.69) is 31.0 Å². The number of Topliss-reactive ketones (excluding diaryl/α,β-unsaturated/α-hetero) is 1. The van der Waals surface area contributed by atoms with Crippen LogP contribution in [-0.4, -0.2) is 19.6 Å². The Kier molecular flexibility index (Phi) is 4.94. The number of nitrogens with zero attached hydrogens (tertiary/aromatic N) is 2. The third-order valence-electron chi connectivity index (χ3n) is 1.63. The first-order valence-corrected chi connectivity index (χ1v) is 7.23. The van der Waals surface area contributed by atoms with Crippen molar-refractivity contribution >= 4 is 47.9 Å². The van der Waals surface area contributed by atoms with Gasteiger partial charge in [-0.1, -0.05) is 4.49 Å². The van der Waals surface area contributed by atoms with Crippen molar-refractivity contribution in [1.82, 2.24) is 9.59 Å². The third kappa shape index (κ3) is 4.00. The van der Waals surface area contributed by atoms with Crippen LogP contribution in [0.25, 0.3) is 0 Å². The van der Waals surface area contributed by atoms with Gasteiger partial charge in [-0.3, -0.25) is 4.79 Å². The molecule has 1 aliphatic carbocycles. The molecule has 1 aromatic heterocycles. The fourth-order valence-corrected chi connectivity index (χ4v) is 1.79. The zero-order valence-corrected chi connectivity index (χ0v) is 10.0. The van der Waals surface area contributed by atoms with Gasteiger partial charge < -0.3 is 0 Å². The van der Waals surface area contributed by atoms with Gasteiger partial charge in [0.05, 0.1) is 10.6 Å². The molecule has 1 heterocycles. The summed E-state index contributed by atoms with van der Waals surface area (Å²) in [5.74, 6) is 0.318. The van der Waals surface area contributed by atoms with E-state index in [0.29, 0.717) is 18.6 Å². The van der Waals surface area contributed by atoms with E-state index in [0.717, 1.165) is 17.0 Å². The number of rotatable bonds is 0. The molecule has 1 aromatic rings. The van der Waals surface area contributed by atoms with Crippen molar-refractivity contribution in [2.24, 2.45) is 0 Å². The number of halogens is 2. The van der Waals surface area contributed by atoms with E-state index < -0.39 is 9.23 Å². The maximum Gasteiger partial charge on any atom is 0.211 e. The second-order valence-electron chi connectivity index (χ2n) is 2.54. The molecule has 0 spiro atoms. The van der Waals surface area contributed by atoms with E-state index in [1.165, 1.54) is 11.5 Å². The maximum atomic E-state index is 10.9. The van der Waals surface area contributed by atoms with Crippen molar-refractivity contribution in [2.75, 3.05) is 0 Å². The second kappa shape index (κ2) is 5.75. The fraction of sp³-hybridized carbons (Fsp3) is 0.500. The predicted molar refractivity (Wildman–Crippen MR) is 56.8 cm³/mol. The van der Waals surface area contributed by atoms with E-state index >= 15 is 0 Å². The van der Waals surface area contributed by atoms with Crippen LogP contribution in [0.1, 0.15) is 17.0 Å². The van der Waals surface area contributed by atoms with Crippen LogP contribution < -0.4 is 0 Å². The molecule has 0 N–H and O–H groups in total. The molecule has 0 saturated heterocycles. The Morgan fingerprint density at radius 3 is 2.64 bits per heavy atom. The van der Waals surface area contributed by atoms with E-state index in [-0.39, 0.29) is 0 Å². The first-order valence-electron chi connectivity index (χ1n) is 3.65. The van der Waals surface area contributed by atoms with Crippen LogP contribution >= 0.6 is 32.9 Å². The highest BCUT2D eigenvalue weighted by molar-refractivity contribution is 8.26. The van der Waals surface area contributed by atoms with E-state index in [4.69, 9.17) is 4.21 Å². The lowest BCUT2D eigenvalue weighted by atomic mass is 10.0. The minimum atomic E-state index is -1.67. The highest BCUT2D eigenvalue weighted by atomic mass is 36.0. The number of ketones is 1. The largest absolute Gasteiger partial charge is 0.299 e. The molecule has 1 aliphatic rings. The molecule has 14 heavy (non-hydrogen) atoms. The first kappa shape index (κ1) is 12.0. The molecule has 0 saturated carbocycles. The summed E-state index contributed by atoms with van der Waals surface area (Å²) in [5.41, 5.74) is 1.03. The van der Waals surface area contributed by atoms with Crippen molar-refractivity contribution in [1.29, 1.82) is 0 Å². The molecule has 78 valence electrons. The summed E-state index contributed by atoms with van der Waals surface area (Å²) in [6.45, 7) is 0. The normalized spacial score (nSPS) is 14.6. The van der Waals surface area contributed by atoms with Gasteiger partial charge in [0, 0.05) is 34.2 Å². The van der Waals surface area contributed by atoms with Gasteiger partial charge in [0.15, 0.2) is 0 Å². The molecule has 0 amide bonds. The average molecular weight is 273 g/mol. The van der Waals surface area contributed by atoms with Crippen LogP contribution in [0.5, 0.6) is 0 Å². The second-order valence-corrected chi connectivity index (χ2v) is 5.91. The molecule has 4 nitrogen and oxygen atoms in total. The van der Waals surface area contributed by atoms with Crippen LogP contribution in [0.2, 0.25) is 0 Å². The number of hydrogen-bond donors (Lipinski definition) is 0. The maximum absolute atomic E-state index is 10.9. The van der Waals surface area contributed by atoms with Gasteiger partial charge in [-0.25, -0.2) is 4.21 Å². The Hall–Kier alpha value is -0.0400. The van der Waals surface area contributed by atoms with Crippen molar-refractivity contribution in [3.63, 3.8) is 0 Å².